The van der Waals surface area contributed by atoms with E-state index in [9.17, 15) is 0 Å². The molecule has 0 radical (unpaired) electrons. The zero-order valence-electron chi connectivity index (χ0n) is 16.5. The summed E-state index contributed by atoms with van der Waals surface area (Å²) in [5.74, 6) is 1.10. The zero-order chi connectivity index (χ0) is 17.8. The van der Waals surface area contributed by atoms with E-state index < -0.39 is 0 Å². The van der Waals surface area contributed by atoms with Gasteiger partial charge >= 0.3 is 7.12 Å². The van der Waals surface area contributed by atoms with Crippen LogP contribution in [0.5, 0.6) is 0 Å². The fourth-order valence-electron chi connectivity index (χ4n) is 3.41. The predicted octanol–water partition coefficient (Wildman–Crippen LogP) is 5.91. The summed E-state index contributed by atoms with van der Waals surface area (Å²) in [5.41, 5.74) is 0.981. The normalized spacial score (nSPS) is 21.7. The number of rotatable bonds is 8. The van der Waals surface area contributed by atoms with Gasteiger partial charge in [0.2, 0.25) is 0 Å². The fourth-order valence-corrected chi connectivity index (χ4v) is 3.41. The maximum Gasteiger partial charge on any atom is 0.461 e. The van der Waals surface area contributed by atoms with E-state index in [4.69, 9.17) is 9.31 Å². The van der Waals surface area contributed by atoms with Gasteiger partial charge in [-0.25, -0.2) is 0 Å². The summed E-state index contributed by atoms with van der Waals surface area (Å²) in [4.78, 5) is 0. The monoisotopic (exact) mass is 330 g/mol. The molecule has 2 nitrogen and oxygen atoms in total. The van der Waals surface area contributed by atoms with Gasteiger partial charge in [-0.1, -0.05) is 63.4 Å². The Labute approximate surface area is 149 Å². The number of aryl methyl sites for hydroxylation is 1. The van der Waals surface area contributed by atoms with Gasteiger partial charge in [0.15, 0.2) is 0 Å². The minimum atomic E-state index is -0.229. The summed E-state index contributed by atoms with van der Waals surface area (Å²) in [5, 5.41) is 0. The van der Waals surface area contributed by atoms with Gasteiger partial charge in [-0.05, 0) is 57.8 Å². The second kappa shape index (κ2) is 8.06. The number of benzene rings is 1. The predicted molar refractivity (Wildman–Crippen MR) is 103 cm³/mol. The average molecular weight is 330 g/mol. The third-order valence-electron chi connectivity index (χ3n) is 6.09. The Morgan fingerprint density at radius 2 is 1.54 bits per heavy atom. The highest BCUT2D eigenvalue weighted by Crippen LogP contribution is 2.43. The van der Waals surface area contributed by atoms with Gasteiger partial charge in [-0.2, -0.15) is 0 Å². The van der Waals surface area contributed by atoms with Crippen molar-refractivity contribution in [3.05, 3.63) is 35.9 Å². The molecule has 0 amide bonds. The van der Waals surface area contributed by atoms with Crippen molar-refractivity contribution in [3.8, 4) is 0 Å². The summed E-state index contributed by atoms with van der Waals surface area (Å²) in [6.45, 7) is 13.2. The maximum absolute atomic E-state index is 6.34. The molecule has 3 heteroatoms. The highest BCUT2D eigenvalue weighted by molar-refractivity contribution is 6.47. The molecule has 1 aliphatic rings. The first-order valence-corrected chi connectivity index (χ1v) is 9.66. The summed E-state index contributed by atoms with van der Waals surface area (Å²) in [7, 11) is -0.0679. The smallest absolute Gasteiger partial charge is 0.403 e. The molecular formula is C21H35BO2. The van der Waals surface area contributed by atoms with Gasteiger partial charge in [-0.15, -0.1) is 0 Å². The lowest BCUT2D eigenvalue weighted by Gasteiger charge is -2.32. The first-order valence-electron chi connectivity index (χ1n) is 9.66. The van der Waals surface area contributed by atoms with Gasteiger partial charge in [-0.3, -0.25) is 0 Å². The van der Waals surface area contributed by atoms with Crippen LogP contribution in [0.3, 0.4) is 0 Å². The van der Waals surface area contributed by atoms with Crippen LogP contribution < -0.4 is 0 Å². The molecule has 1 aromatic carbocycles. The maximum atomic E-state index is 6.34. The molecule has 134 valence electrons. The summed E-state index contributed by atoms with van der Waals surface area (Å²) in [6.07, 6.45) is 5.98. The molecule has 0 saturated carbocycles. The molecule has 0 spiro atoms. The Morgan fingerprint density at radius 3 is 2.08 bits per heavy atom. The third-order valence-corrected chi connectivity index (χ3v) is 6.09. The molecule has 2 rings (SSSR count). The Balaban J connectivity index is 1.90. The lowest BCUT2D eigenvalue weighted by Crippen LogP contribution is -2.41. The Morgan fingerprint density at radius 1 is 0.958 bits per heavy atom. The van der Waals surface area contributed by atoms with Crippen molar-refractivity contribution >= 4 is 7.12 Å². The highest BCUT2D eigenvalue weighted by atomic mass is 16.7. The van der Waals surface area contributed by atoms with E-state index in [1.165, 1.54) is 31.2 Å². The summed E-state index contributed by atoms with van der Waals surface area (Å²) >= 11 is 0. The van der Waals surface area contributed by atoms with Gasteiger partial charge in [0, 0.05) is 0 Å². The molecule has 0 bridgehead atoms. The molecule has 1 saturated heterocycles. The molecule has 1 aliphatic heterocycles. The van der Waals surface area contributed by atoms with Crippen molar-refractivity contribution < 1.29 is 9.31 Å². The molecule has 1 unspecified atom stereocenters. The first kappa shape index (κ1) is 19.5. The first-order chi connectivity index (χ1) is 11.3. The molecule has 0 aliphatic carbocycles. The van der Waals surface area contributed by atoms with Crippen LogP contribution >= 0.6 is 0 Å². The SMILES string of the molecule is CCC(C)[C@H](CCCCc1ccccc1)B1OC(C)(C)C(C)(C)O1. The molecule has 24 heavy (non-hydrogen) atoms. The van der Waals surface area contributed by atoms with Crippen molar-refractivity contribution in [3.63, 3.8) is 0 Å². The van der Waals surface area contributed by atoms with Crippen molar-refractivity contribution in [2.75, 3.05) is 0 Å². The number of hydrogen-bond acceptors (Lipinski definition) is 2. The van der Waals surface area contributed by atoms with Crippen LogP contribution in [0.2, 0.25) is 5.82 Å². The van der Waals surface area contributed by atoms with Crippen molar-refractivity contribution in [1.82, 2.24) is 0 Å². The minimum absolute atomic E-state index is 0.0679. The highest BCUT2D eigenvalue weighted by Gasteiger charge is 2.54. The standard InChI is InChI=1S/C21H35BO2/c1-7-17(2)19(22-23-20(3,4)21(5,6)24-22)16-12-11-15-18-13-9-8-10-14-18/h8-10,13-14,17,19H,7,11-12,15-16H2,1-6H3/t17?,19-/m0/s1. The van der Waals surface area contributed by atoms with E-state index in [1.807, 2.05) is 0 Å². The van der Waals surface area contributed by atoms with E-state index in [0.29, 0.717) is 11.7 Å². The largest absolute Gasteiger partial charge is 0.461 e. The number of hydrogen-bond donors (Lipinski definition) is 0. The topological polar surface area (TPSA) is 18.5 Å². The third kappa shape index (κ3) is 4.64. The van der Waals surface area contributed by atoms with Gasteiger partial charge in [0.25, 0.3) is 0 Å². The Hall–Kier alpha value is -0.795. The van der Waals surface area contributed by atoms with Crippen LogP contribution in [0, 0.1) is 5.92 Å². The van der Waals surface area contributed by atoms with Crippen molar-refractivity contribution in [2.24, 2.45) is 5.92 Å². The minimum Gasteiger partial charge on any atom is -0.403 e. The van der Waals surface area contributed by atoms with E-state index in [1.54, 1.807) is 0 Å². The van der Waals surface area contributed by atoms with Crippen molar-refractivity contribution in [1.29, 1.82) is 0 Å². The lowest BCUT2D eigenvalue weighted by molar-refractivity contribution is 0.00578. The lowest BCUT2D eigenvalue weighted by atomic mass is 9.62. The van der Waals surface area contributed by atoms with E-state index in [0.717, 1.165) is 6.42 Å². The van der Waals surface area contributed by atoms with E-state index in [-0.39, 0.29) is 18.3 Å². The zero-order valence-corrected chi connectivity index (χ0v) is 16.5. The Bertz CT molecular complexity index is 482. The van der Waals surface area contributed by atoms with Gasteiger partial charge < -0.3 is 9.31 Å². The molecule has 2 atom stereocenters. The average Bonchev–Trinajstić information content (AvgIpc) is 2.75. The molecule has 1 heterocycles. The van der Waals surface area contributed by atoms with Crippen LogP contribution in [0.15, 0.2) is 30.3 Å². The van der Waals surface area contributed by atoms with Gasteiger partial charge in [0.1, 0.15) is 0 Å². The summed E-state index contributed by atoms with van der Waals surface area (Å²) in [6, 6.07) is 10.8. The van der Waals surface area contributed by atoms with Crippen LogP contribution in [-0.2, 0) is 15.7 Å². The second-order valence-corrected chi connectivity index (χ2v) is 8.41. The van der Waals surface area contributed by atoms with Crippen molar-refractivity contribution in [2.45, 2.75) is 90.7 Å². The molecule has 1 aromatic rings. The summed E-state index contributed by atoms with van der Waals surface area (Å²) < 4.78 is 12.7. The van der Waals surface area contributed by atoms with Crippen LogP contribution in [-0.4, -0.2) is 18.3 Å². The van der Waals surface area contributed by atoms with E-state index in [2.05, 4.69) is 71.9 Å². The van der Waals surface area contributed by atoms with Crippen LogP contribution in [0.25, 0.3) is 0 Å². The fraction of sp³-hybridized carbons (Fsp3) is 0.714. The van der Waals surface area contributed by atoms with Crippen LogP contribution in [0.1, 0.15) is 72.8 Å². The number of unbranched alkanes of at least 4 members (excludes halogenated alkanes) is 1. The van der Waals surface area contributed by atoms with Crippen LogP contribution in [0.4, 0.5) is 0 Å². The molecule has 0 N–H and O–H groups in total. The molecule has 0 aromatic heterocycles. The van der Waals surface area contributed by atoms with Gasteiger partial charge in [0.05, 0.1) is 11.2 Å². The quantitative estimate of drug-likeness (QED) is 0.436. The second-order valence-electron chi connectivity index (χ2n) is 8.41. The Kier molecular flexibility index (Phi) is 6.56. The molecular weight excluding hydrogens is 295 g/mol. The molecule has 1 fully saturated rings. The van der Waals surface area contributed by atoms with E-state index >= 15 is 0 Å².